The molecule has 0 atom stereocenters. The number of nitriles is 1. The number of thioether (sulfide) groups is 1. The molecule has 0 heterocycles. The zero-order chi connectivity index (χ0) is 20.5. The van der Waals surface area contributed by atoms with Gasteiger partial charge in [0.15, 0.2) is 6.61 Å². The summed E-state index contributed by atoms with van der Waals surface area (Å²) in [5, 5.41) is 19.9. The summed E-state index contributed by atoms with van der Waals surface area (Å²) in [5.41, 5.74) is 0.368. The van der Waals surface area contributed by atoms with E-state index >= 15 is 0 Å². The molecule has 0 aliphatic rings. The van der Waals surface area contributed by atoms with Crippen molar-refractivity contribution in [3.05, 3.63) is 64.2 Å². The molecule has 0 aliphatic heterocycles. The van der Waals surface area contributed by atoms with Crippen molar-refractivity contribution in [2.24, 2.45) is 0 Å². The van der Waals surface area contributed by atoms with Crippen molar-refractivity contribution >= 4 is 35.0 Å². The summed E-state index contributed by atoms with van der Waals surface area (Å²) in [6.07, 6.45) is 1.81. The lowest BCUT2D eigenvalue weighted by Gasteiger charge is -2.21. The molecule has 2 aromatic carbocycles. The third-order valence-corrected chi connectivity index (χ3v) is 4.54. The molecule has 0 aliphatic carbocycles. The number of esters is 1. The summed E-state index contributed by atoms with van der Waals surface area (Å²) in [7, 11) is 0. The molecule has 0 saturated heterocycles. The van der Waals surface area contributed by atoms with Gasteiger partial charge in [0.1, 0.15) is 0 Å². The van der Waals surface area contributed by atoms with Crippen LogP contribution in [-0.4, -0.2) is 36.2 Å². The van der Waals surface area contributed by atoms with Crippen LogP contribution in [0.25, 0.3) is 0 Å². The Kier molecular flexibility index (Phi) is 7.54. The van der Waals surface area contributed by atoms with Gasteiger partial charge in [0.05, 0.1) is 27.9 Å². The number of hydrogen-bond acceptors (Lipinski definition) is 7. The number of ether oxygens (including phenoxy) is 1. The minimum atomic E-state index is -0.836. The van der Waals surface area contributed by atoms with Crippen molar-refractivity contribution in [3.8, 4) is 6.07 Å². The first-order chi connectivity index (χ1) is 13.5. The number of carbonyl (C=O) groups excluding carboxylic acids is 2. The first-order valence-electron chi connectivity index (χ1n) is 8.20. The van der Waals surface area contributed by atoms with E-state index in [9.17, 15) is 19.7 Å². The summed E-state index contributed by atoms with van der Waals surface area (Å²) in [6, 6.07) is 14.7. The fourth-order valence-corrected chi connectivity index (χ4v) is 2.96. The molecule has 2 aromatic rings. The van der Waals surface area contributed by atoms with Crippen LogP contribution in [0, 0.1) is 21.4 Å². The van der Waals surface area contributed by atoms with Gasteiger partial charge in [0.2, 0.25) is 0 Å². The van der Waals surface area contributed by atoms with Crippen molar-refractivity contribution < 1.29 is 19.2 Å². The summed E-state index contributed by atoms with van der Waals surface area (Å²) < 4.78 is 5.04. The van der Waals surface area contributed by atoms with Crippen LogP contribution in [0.15, 0.2) is 53.4 Å². The zero-order valence-electron chi connectivity index (χ0n) is 15.0. The second-order valence-electron chi connectivity index (χ2n) is 5.51. The first-order valence-corrected chi connectivity index (χ1v) is 9.42. The Morgan fingerprint density at radius 1 is 1.25 bits per heavy atom. The maximum atomic E-state index is 12.5. The number of nitro benzene ring substituents is 1. The van der Waals surface area contributed by atoms with E-state index in [2.05, 4.69) is 0 Å². The zero-order valence-corrected chi connectivity index (χ0v) is 15.8. The number of rotatable bonds is 8. The Morgan fingerprint density at radius 3 is 2.57 bits per heavy atom. The molecule has 0 N–H and O–H groups in total. The summed E-state index contributed by atoms with van der Waals surface area (Å²) in [5.74, 6) is -1.33. The molecule has 9 heteroatoms. The number of para-hydroxylation sites is 1. The van der Waals surface area contributed by atoms with E-state index in [1.807, 2.05) is 6.07 Å². The molecular formula is C19H17N3O5S. The van der Waals surface area contributed by atoms with Crippen LogP contribution < -0.4 is 4.90 Å². The maximum absolute atomic E-state index is 12.5. The van der Waals surface area contributed by atoms with E-state index < -0.39 is 23.4 Å². The van der Waals surface area contributed by atoms with Gasteiger partial charge in [-0.15, -0.1) is 11.8 Å². The highest BCUT2D eigenvalue weighted by Crippen LogP contribution is 2.28. The molecule has 8 nitrogen and oxygen atoms in total. The Hall–Kier alpha value is -3.38. The minimum absolute atomic E-state index is 0.0133. The standard InChI is InChI=1S/C19H17N3O5S/c1-28-17-9-8-14(12-16(17)22(25)26)19(24)27-13-18(23)21(11-5-10-20)15-6-3-2-4-7-15/h2-4,6-9,12H,5,11,13H2,1H3. The maximum Gasteiger partial charge on any atom is 0.338 e. The van der Waals surface area contributed by atoms with E-state index in [4.69, 9.17) is 10.00 Å². The topological polar surface area (TPSA) is 114 Å². The Labute approximate surface area is 165 Å². The summed E-state index contributed by atoms with van der Waals surface area (Å²) in [6.45, 7) is -0.387. The lowest BCUT2D eigenvalue weighted by Crippen LogP contribution is -2.35. The Balaban J connectivity index is 2.10. The van der Waals surface area contributed by atoms with Gasteiger partial charge in [-0.3, -0.25) is 14.9 Å². The predicted molar refractivity (Wildman–Crippen MR) is 104 cm³/mol. The van der Waals surface area contributed by atoms with Crippen LogP contribution >= 0.6 is 11.8 Å². The van der Waals surface area contributed by atoms with Crippen molar-refractivity contribution in [2.45, 2.75) is 11.3 Å². The van der Waals surface area contributed by atoms with E-state index in [0.29, 0.717) is 10.6 Å². The second-order valence-corrected chi connectivity index (χ2v) is 6.36. The van der Waals surface area contributed by atoms with Crippen LogP contribution in [0.2, 0.25) is 0 Å². The quantitative estimate of drug-likeness (QED) is 0.289. The number of nitrogens with zero attached hydrogens (tertiary/aromatic N) is 3. The highest BCUT2D eigenvalue weighted by Gasteiger charge is 2.21. The van der Waals surface area contributed by atoms with Gasteiger partial charge >= 0.3 is 5.97 Å². The van der Waals surface area contributed by atoms with Crippen LogP contribution in [0.3, 0.4) is 0 Å². The van der Waals surface area contributed by atoms with E-state index in [0.717, 1.165) is 6.07 Å². The van der Waals surface area contributed by atoms with E-state index in [-0.39, 0.29) is 24.2 Å². The van der Waals surface area contributed by atoms with Crippen LogP contribution in [0.5, 0.6) is 0 Å². The minimum Gasteiger partial charge on any atom is -0.452 e. The molecule has 0 unspecified atom stereocenters. The average molecular weight is 399 g/mol. The third-order valence-electron chi connectivity index (χ3n) is 3.75. The molecule has 0 fully saturated rings. The summed E-state index contributed by atoms with van der Waals surface area (Å²) >= 11 is 1.19. The summed E-state index contributed by atoms with van der Waals surface area (Å²) in [4.78, 5) is 37.0. The molecule has 0 spiro atoms. The van der Waals surface area contributed by atoms with Gasteiger partial charge < -0.3 is 9.64 Å². The number of hydrogen-bond donors (Lipinski definition) is 0. The average Bonchev–Trinajstić information content (AvgIpc) is 2.72. The van der Waals surface area contributed by atoms with Gasteiger partial charge in [0, 0.05) is 18.3 Å². The molecular weight excluding hydrogens is 382 g/mol. The third kappa shape index (κ3) is 5.31. The normalized spacial score (nSPS) is 10.0. The Morgan fingerprint density at radius 2 is 1.96 bits per heavy atom. The largest absolute Gasteiger partial charge is 0.452 e. The van der Waals surface area contributed by atoms with E-state index in [1.165, 1.54) is 28.8 Å². The van der Waals surface area contributed by atoms with Crippen molar-refractivity contribution in [1.29, 1.82) is 5.26 Å². The number of benzene rings is 2. The lowest BCUT2D eigenvalue weighted by atomic mass is 10.2. The molecule has 1 amide bonds. The van der Waals surface area contributed by atoms with Crippen molar-refractivity contribution in [1.82, 2.24) is 0 Å². The smallest absolute Gasteiger partial charge is 0.338 e. The molecule has 2 rings (SSSR count). The molecule has 28 heavy (non-hydrogen) atoms. The molecule has 0 radical (unpaired) electrons. The van der Waals surface area contributed by atoms with Gasteiger partial charge in [-0.2, -0.15) is 5.26 Å². The van der Waals surface area contributed by atoms with Gasteiger partial charge in [-0.05, 0) is 30.5 Å². The number of anilines is 1. The van der Waals surface area contributed by atoms with Gasteiger partial charge in [-0.25, -0.2) is 4.79 Å². The van der Waals surface area contributed by atoms with Gasteiger partial charge in [0.25, 0.3) is 11.6 Å². The fraction of sp³-hybridized carbons (Fsp3) is 0.211. The number of carbonyl (C=O) groups is 2. The highest BCUT2D eigenvalue weighted by molar-refractivity contribution is 7.98. The predicted octanol–water partition coefficient (Wildman–Crippen LogP) is 3.42. The second kappa shape index (κ2) is 10.1. The first kappa shape index (κ1) is 20.9. The molecule has 0 saturated carbocycles. The van der Waals surface area contributed by atoms with Crippen molar-refractivity contribution in [3.63, 3.8) is 0 Å². The van der Waals surface area contributed by atoms with E-state index in [1.54, 1.807) is 36.6 Å². The lowest BCUT2D eigenvalue weighted by molar-refractivity contribution is -0.387. The van der Waals surface area contributed by atoms with Crippen LogP contribution in [0.1, 0.15) is 16.8 Å². The van der Waals surface area contributed by atoms with Crippen LogP contribution in [0.4, 0.5) is 11.4 Å². The SMILES string of the molecule is CSc1ccc(C(=O)OCC(=O)N(CCC#N)c2ccccc2)cc1[N+](=O)[O-]. The molecule has 144 valence electrons. The monoisotopic (exact) mass is 399 g/mol. The highest BCUT2D eigenvalue weighted by atomic mass is 32.2. The van der Waals surface area contributed by atoms with Crippen molar-refractivity contribution in [2.75, 3.05) is 24.3 Å². The Bertz CT molecular complexity index is 912. The molecule has 0 bridgehead atoms. The van der Waals surface area contributed by atoms with Gasteiger partial charge in [-0.1, -0.05) is 18.2 Å². The number of nitro groups is 1. The fourth-order valence-electron chi connectivity index (χ4n) is 2.42. The number of amides is 1. The molecule has 0 aromatic heterocycles. The van der Waals surface area contributed by atoms with Crippen LogP contribution in [-0.2, 0) is 9.53 Å².